The van der Waals surface area contributed by atoms with Crippen molar-refractivity contribution < 1.29 is 13.5 Å². The minimum atomic E-state index is -0.818. The van der Waals surface area contributed by atoms with Crippen molar-refractivity contribution in [1.29, 1.82) is 0 Å². The van der Waals surface area contributed by atoms with Crippen LogP contribution >= 0.6 is 11.6 Å². The van der Waals surface area contributed by atoms with E-state index >= 15 is 0 Å². The monoisotopic (exact) mass is 398 g/mol. The quantitative estimate of drug-likeness (QED) is 0.554. The van der Waals surface area contributed by atoms with Crippen molar-refractivity contribution in [2.75, 3.05) is 24.4 Å². The summed E-state index contributed by atoms with van der Waals surface area (Å²) >= 11 is 5.97. The molecular formula is C15H17ClF2N8O. The largest absolute Gasteiger partial charge is 0.382 e. The van der Waals surface area contributed by atoms with Gasteiger partial charge in [-0.1, -0.05) is 0 Å². The van der Waals surface area contributed by atoms with E-state index in [0.717, 1.165) is 12.3 Å². The van der Waals surface area contributed by atoms with Gasteiger partial charge in [0.05, 0.1) is 18.8 Å². The maximum atomic E-state index is 14.1. The number of halogens is 3. The average molecular weight is 399 g/mol. The molecule has 1 aliphatic heterocycles. The highest BCUT2D eigenvalue weighted by Gasteiger charge is 2.25. The lowest BCUT2D eigenvalue weighted by Gasteiger charge is -2.24. The molecular weight excluding hydrogens is 382 g/mol. The highest BCUT2D eigenvalue weighted by atomic mass is 35.5. The van der Waals surface area contributed by atoms with E-state index in [1.165, 1.54) is 7.11 Å². The van der Waals surface area contributed by atoms with Crippen LogP contribution in [0.1, 0.15) is 18.7 Å². The molecule has 3 rings (SSSR count). The van der Waals surface area contributed by atoms with Crippen LogP contribution in [-0.4, -0.2) is 39.3 Å². The zero-order chi connectivity index (χ0) is 19.4. The first-order chi connectivity index (χ1) is 12.9. The number of ether oxygens (including phenoxy) is 1. The van der Waals surface area contributed by atoms with Crippen LogP contribution in [0.5, 0.6) is 0 Å². The Bertz CT molecular complexity index is 855. The van der Waals surface area contributed by atoms with E-state index in [0.29, 0.717) is 0 Å². The Morgan fingerprint density at radius 2 is 2.07 bits per heavy atom. The molecule has 2 aromatic heterocycles. The maximum Gasteiger partial charge on any atom is 0.230 e. The van der Waals surface area contributed by atoms with E-state index in [-0.39, 0.29) is 29.5 Å². The summed E-state index contributed by atoms with van der Waals surface area (Å²) in [6, 6.07) is -0.0323. The predicted molar refractivity (Wildman–Crippen MR) is 94.7 cm³/mol. The number of hydrogen-bond acceptors (Lipinski definition) is 9. The molecule has 0 amide bonds. The van der Waals surface area contributed by atoms with Crippen molar-refractivity contribution in [2.24, 2.45) is 0 Å². The Labute approximate surface area is 158 Å². The number of anilines is 2. The Balaban J connectivity index is 1.84. The molecule has 0 aliphatic carbocycles. The zero-order valence-corrected chi connectivity index (χ0v) is 15.2. The summed E-state index contributed by atoms with van der Waals surface area (Å²) in [7, 11) is 1.44. The van der Waals surface area contributed by atoms with Crippen LogP contribution in [0, 0.1) is 11.6 Å². The molecule has 4 N–H and O–H groups in total. The van der Waals surface area contributed by atoms with Gasteiger partial charge < -0.3 is 20.8 Å². The summed E-state index contributed by atoms with van der Waals surface area (Å²) in [5, 5.41) is 5.86. The molecule has 0 bridgehead atoms. The van der Waals surface area contributed by atoms with Crippen LogP contribution in [0.25, 0.3) is 0 Å². The van der Waals surface area contributed by atoms with Crippen LogP contribution < -0.4 is 21.5 Å². The van der Waals surface area contributed by atoms with Gasteiger partial charge >= 0.3 is 0 Å². The third kappa shape index (κ3) is 4.76. The number of nitrogens with one attached hydrogen (secondary N) is 4. The Morgan fingerprint density at radius 3 is 2.74 bits per heavy atom. The minimum Gasteiger partial charge on any atom is -0.382 e. The van der Waals surface area contributed by atoms with E-state index in [1.54, 1.807) is 6.20 Å². The highest BCUT2D eigenvalue weighted by Crippen LogP contribution is 2.22. The van der Waals surface area contributed by atoms with E-state index in [1.807, 2.05) is 13.0 Å². The van der Waals surface area contributed by atoms with Crippen molar-refractivity contribution >= 4 is 23.5 Å². The van der Waals surface area contributed by atoms with Gasteiger partial charge in [0.2, 0.25) is 17.2 Å². The second-order valence-corrected chi connectivity index (χ2v) is 6.19. The molecule has 12 heteroatoms. The standard InChI is InChI=1S/C15H17ClF2N8O/c1-15(3-4-20-26-15)25-14-23-12(16)22-13(24-14)21-10(7-27-2)11-9(18)5-8(17)6-19-11/h3-6,10,20,26H,7H2,1-2H3,(H2,21,22,23,24,25)/t10?,15-/m1/s1. The molecule has 2 atom stereocenters. The molecule has 3 heterocycles. The van der Waals surface area contributed by atoms with E-state index in [9.17, 15) is 8.78 Å². The molecule has 0 fully saturated rings. The fourth-order valence-electron chi connectivity index (χ4n) is 2.41. The van der Waals surface area contributed by atoms with Crippen molar-refractivity contribution in [3.63, 3.8) is 0 Å². The second-order valence-electron chi connectivity index (χ2n) is 5.85. The number of rotatable bonds is 7. The van der Waals surface area contributed by atoms with Gasteiger partial charge in [0.15, 0.2) is 0 Å². The summed E-state index contributed by atoms with van der Waals surface area (Å²) in [4.78, 5) is 16.0. The Morgan fingerprint density at radius 1 is 1.30 bits per heavy atom. The van der Waals surface area contributed by atoms with Crippen molar-refractivity contribution in [3.8, 4) is 0 Å². The first-order valence-corrected chi connectivity index (χ1v) is 8.23. The summed E-state index contributed by atoms with van der Waals surface area (Å²) in [5.41, 5.74) is 5.12. The normalized spacial score (nSPS) is 19.6. The first kappa shape index (κ1) is 19.1. The summed E-state index contributed by atoms with van der Waals surface area (Å²) in [6.07, 6.45) is 4.46. The maximum absolute atomic E-state index is 14.1. The average Bonchev–Trinajstić information content (AvgIpc) is 3.00. The van der Waals surface area contributed by atoms with Crippen LogP contribution in [0.15, 0.2) is 24.5 Å². The second kappa shape index (κ2) is 7.94. The van der Waals surface area contributed by atoms with Crippen molar-refractivity contribution in [1.82, 2.24) is 30.8 Å². The number of hydrogen-bond donors (Lipinski definition) is 4. The molecule has 0 spiro atoms. The van der Waals surface area contributed by atoms with Gasteiger partial charge in [-0.2, -0.15) is 15.0 Å². The third-order valence-corrected chi connectivity index (χ3v) is 3.78. The number of methoxy groups -OCH3 is 1. The number of hydrazine groups is 1. The van der Waals surface area contributed by atoms with Gasteiger partial charge in [-0.15, -0.1) is 0 Å². The van der Waals surface area contributed by atoms with Crippen LogP contribution in [0.2, 0.25) is 5.28 Å². The summed E-state index contributed by atoms with van der Waals surface area (Å²) < 4.78 is 32.3. The molecule has 9 nitrogen and oxygen atoms in total. The fraction of sp³-hybridized carbons (Fsp3) is 0.333. The van der Waals surface area contributed by atoms with Gasteiger partial charge in [-0.3, -0.25) is 4.98 Å². The molecule has 0 saturated carbocycles. The topological polar surface area (TPSA) is 109 Å². The Kier molecular flexibility index (Phi) is 5.63. The Hall–Kier alpha value is -2.63. The lowest BCUT2D eigenvalue weighted by atomic mass is 10.2. The lowest BCUT2D eigenvalue weighted by molar-refractivity contribution is 0.183. The number of pyridine rings is 1. The summed E-state index contributed by atoms with van der Waals surface area (Å²) in [5.74, 6) is -1.34. The van der Waals surface area contributed by atoms with Gasteiger partial charge in [0, 0.05) is 19.4 Å². The predicted octanol–water partition coefficient (Wildman–Crippen LogP) is 1.75. The van der Waals surface area contributed by atoms with Gasteiger partial charge in [0.1, 0.15) is 23.0 Å². The zero-order valence-electron chi connectivity index (χ0n) is 14.4. The first-order valence-electron chi connectivity index (χ1n) is 7.85. The van der Waals surface area contributed by atoms with Crippen LogP contribution in [0.4, 0.5) is 20.7 Å². The summed E-state index contributed by atoms with van der Waals surface area (Å²) in [6.45, 7) is 1.88. The van der Waals surface area contributed by atoms with Gasteiger partial charge in [-0.25, -0.2) is 14.2 Å². The van der Waals surface area contributed by atoms with E-state index in [4.69, 9.17) is 16.3 Å². The van der Waals surface area contributed by atoms with Gasteiger partial charge in [0.25, 0.3) is 0 Å². The minimum absolute atomic E-state index is 0.0353. The molecule has 2 aromatic rings. The molecule has 0 radical (unpaired) electrons. The van der Waals surface area contributed by atoms with Crippen LogP contribution in [-0.2, 0) is 4.74 Å². The third-order valence-electron chi connectivity index (χ3n) is 3.61. The molecule has 1 unspecified atom stereocenters. The fourth-order valence-corrected chi connectivity index (χ4v) is 2.57. The molecule has 1 aliphatic rings. The lowest BCUT2D eigenvalue weighted by Crippen LogP contribution is -2.48. The van der Waals surface area contributed by atoms with E-state index in [2.05, 4.69) is 41.4 Å². The van der Waals surface area contributed by atoms with Gasteiger partial charge in [-0.05, 0) is 24.6 Å². The molecule has 27 heavy (non-hydrogen) atoms. The SMILES string of the molecule is COCC(Nc1nc(Cl)nc(N[C@@]2(C)C=CNN2)n1)c1ncc(F)cc1F. The number of nitrogens with zero attached hydrogens (tertiary/aromatic N) is 4. The molecule has 0 saturated heterocycles. The van der Waals surface area contributed by atoms with Crippen molar-refractivity contribution in [2.45, 2.75) is 18.6 Å². The van der Waals surface area contributed by atoms with Crippen LogP contribution in [0.3, 0.4) is 0 Å². The van der Waals surface area contributed by atoms with E-state index < -0.39 is 23.3 Å². The molecule has 144 valence electrons. The highest BCUT2D eigenvalue weighted by molar-refractivity contribution is 6.28. The molecule has 0 aromatic carbocycles. The smallest absolute Gasteiger partial charge is 0.230 e. The number of aromatic nitrogens is 4. The van der Waals surface area contributed by atoms with Crippen molar-refractivity contribution in [3.05, 3.63) is 47.2 Å².